The zero-order chi connectivity index (χ0) is 17.6. The van der Waals surface area contributed by atoms with E-state index in [1.165, 1.54) is 38.5 Å². The van der Waals surface area contributed by atoms with Gasteiger partial charge in [0.25, 0.3) is 0 Å². The molecule has 2 amide bonds. The molecule has 0 aromatic carbocycles. The molecule has 1 atom stereocenters. The minimum atomic E-state index is -0.00409. The lowest BCUT2D eigenvalue weighted by atomic mass is 9.95. The number of nitrogens with one attached hydrogen (secondary N) is 1. The molecule has 3 fully saturated rings. The SMILES string of the molecule is CC(C(=O)NCC1CCN(C(=O)CC2CCCC2)CC1)N1CCCC1. The number of hydrogen-bond acceptors (Lipinski definition) is 3. The third-order valence-electron chi connectivity index (χ3n) is 6.54. The summed E-state index contributed by atoms with van der Waals surface area (Å²) in [5, 5.41) is 3.15. The minimum absolute atomic E-state index is 0.00409. The molecule has 0 aromatic rings. The first kappa shape index (κ1) is 18.7. The molecule has 1 unspecified atom stereocenters. The fourth-order valence-corrected chi connectivity index (χ4v) is 4.66. The van der Waals surface area contributed by atoms with Gasteiger partial charge in [-0.3, -0.25) is 14.5 Å². The Morgan fingerprint density at radius 1 is 0.920 bits per heavy atom. The quantitative estimate of drug-likeness (QED) is 0.801. The number of likely N-dealkylation sites (tertiary alicyclic amines) is 2. The van der Waals surface area contributed by atoms with E-state index in [-0.39, 0.29) is 11.9 Å². The monoisotopic (exact) mass is 349 g/mol. The van der Waals surface area contributed by atoms with Gasteiger partial charge in [0.15, 0.2) is 0 Å². The van der Waals surface area contributed by atoms with Gasteiger partial charge in [0, 0.05) is 26.1 Å². The Morgan fingerprint density at radius 3 is 2.20 bits per heavy atom. The standard InChI is InChI=1S/C20H35N3O2/c1-16(22-10-4-5-11-22)20(25)21-15-18-8-12-23(13-9-18)19(24)14-17-6-2-3-7-17/h16-18H,2-15H2,1H3,(H,21,25). The number of hydrogen-bond donors (Lipinski definition) is 1. The van der Waals surface area contributed by atoms with Crippen LogP contribution < -0.4 is 5.32 Å². The normalized spacial score (nSPS) is 24.6. The van der Waals surface area contributed by atoms with Gasteiger partial charge in [0.05, 0.1) is 6.04 Å². The number of amides is 2. The van der Waals surface area contributed by atoms with Crippen molar-refractivity contribution in [2.75, 3.05) is 32.7 Å². The Bertz CT molecular complexity index is 448. The zero-order valence-electron chi connectivity index (χ0n) is 15.8. The predicted molar refractivity (Wildman–Crippen MR) is 99.2 cm³/mol. The molecule has 2 aliphatic heterocycles. The lowest BCUT2D eigenvalue weighted by molar-refractivity contribution is -0.134. The van der Waals surface area contributed by atoms with Crippen molar-refractivity contribution in [1.29, 1.82) is 0 Å². The van der Waals surface area contributed by atoms with Crippen LogP contribution in [-0.2, 0) is 9.59 Å². The highest BCUT2D eigenvalue weighted by molar-refractivity contribution is 5.81. The number of nitrogens with zero attached hydrogens (tertiary/aromatic N) is 2. The van der Waals surface area contributed by atoms with E-state index in [0.29, 0.717) is 17.7 Å². The summed E-state index contributed by atoms with van der Waals surface area (Å²) in [6.07, 6.45) is 10.3. The summed E-state index contributed by atoms with van der Waals surface area (Å²) in [5.41, 5.74) is 0. The van der Waals surface area contributed by atoms with Gasteiger partial charge in [-0.05, 0) is 70.4 Å². The first-order valence-electron chi connectivity index (χ1n) is 10.4. The smallest absolute Gasteiger partial charge is 0.237 e. The average Bonchev–Trinajstić information content (AvgIpc) is 3.33. The summed E-state index contributed by atoms with van der Waals surface area (Å²) in [6.45, 7) is 6.63. The lowest BCUT2D eigenvalue weighted by Gasteiger charge is -2.33. The predicted octanol–water partition coefficient (Wildman–Crippen LogP) is 2.41. The molecule has 3 aliphatic rings. The van der Waals surface area contributed by atoms with E-state index in [2.05, 4.69) is 15.1 Å². The van der Waals surface area contributed by atoms with Gasteiger partial charge in [-0.1, -0.05) is 12.8 Å². The van der Waals surface area contributed by atoms with Crippen LogP contribution in [0.3, 0.4) is 0 Å². The van der Waals surface area contributed by atoms with Gasteiger partial charge in [0.2, 0.25) is 11.8 Å². The summed E-state index contributed by atoms with van der Waals surface area (Å²) >= 11 is 0. The highest BCUT2D eigenvalue weighted by atomic mass is 16.2. The topological polar surface area (TPSA) is 52.7 Å². The number of piperidine rings is 1. The van der Waals surface area contributed by atoms with Crippen molar-refractivity contribution in [2.24, 2.45) is 11.8 Å². The molecule has 1 saturated carbocycles. The number of carbonyl (C=O) groups excluding carboxylic acids is 2. The molecule has 5 nitrogen and oxygen atoms in total. The maximum absolute atomic E-state index is 12.4. The van der Waals surface area contributed by atoms with Crippen LogP contribution in [0.15, 0.2) is 0 Å². The van der Waals surface area contributed by atoms with Crippen LogP contribution in [0.1, 0.15) is 64.7 Å². The molecule has 2 saturated heterocycles. The van der Waals surface area contributed by atoms with Crippen LogP contribution in [0.4, 0.5) is 0 Å². The Labute approximate surface area is 152 Å². The molecular formula is C20H35N3O2. The van der Waals surface area contributed by atoms with E-state index >= 15 is 0 Å². The third kappa shape index (κ3) is 5.19. The van der Waals surface area contributed by atoms with Gasteiger partial charge in [0.1, 0.15) is 0 Å². The molecule has 0 bridgehead atoms. The van der Waals surface area contributed by atoms with E-state index in [4.69, 9.17) is 0 Å². The van der Waals surface area contributed by atoms with Gasteiger partial charge < -0.3 is 10.2 Å². The van der Waals surface area contributed by atoms with E-state index in [1.54, 1.807) is 0 Å². The summed E-state index contributed by atoms with van der Waals surface area (Å²) in [7, 11) is 0. The molecule has 0 spiro atoms. The molecule has 1 N–H and O–H groups in total. The summed E-state index contributed by atoms with van der Waals surface area (Å²) in [6, 6.07) is -0.00409. The molecule has 2 heterocycles. The minimum Gasteiger partial charge on any atom is -0.354 e. The molecule has 142 valence electrons. The van der Waals surface area contributed by atoms with Crippen LogP contribution in [0, 0.1) is 11.8 Å². The highest BCUT2D eigenvalue weighted by Crippen LogP contribution is 2.28. The summed E-state index contributed by atoms with van der Waals surface area (Å²) in [5.74, 6) is 1.68. The first-order valence-corrected chi connectivity index (χ1v) is 10.4. The van der Waals surface area contributed by atoms with Crippen molar-refractivity contribution in [2.45, 2.75) is 70.8 Å². The van der Waals surface area contributed by atoms with Crippen molar-refractivity contribution < 1.29 is 9.59 Å². The average molecular weight is 350 g/mol. The molecular weight excluding hydrogens is 314 g/mol. The van der Waals surface area contributed by atoms with E-state index in [9.17, 15) is 9.59 Å². The van der Waals surface area contributed by atoms with Crippen LogP contribution in [0.5, 0.6) is 0 Å². The second-order valence-corrected chi connectivity index (χ2v) is 8.34. The molecule has 5 heteroatoms. The number of carbonyl (C=O) groups is 2. The van der Waals surface area contributed by atoms with Crippen molar-refractivity contribution in [3.63, 3.8) is 0 Å². The van der Waals surface area contributed by atoms with Gasteiger partial charge >= 0.3 is 0 Å². The van der Waals surface area contributed by atoms with Crippen molar-refractivity contribution in [3.05, 3.63) is 0 Å². The van der Waals surface area contributed by atoms with Gasteiger partial charge in [-0.25, -0.2) is 0 Å². The maximum atomic E-state index is 12.4. The Morgan fingerprint density at radius 2 is 1.56 bits per heavy atom. The largest absolute Gasteiger partial charge is 0.354 e. The highest BCUT2D eigenvalue weighted by Gasteiger charge is 2.27. The van der Waals surface area contributed by atoms with Gasteiger partial charge in [-0.2, -0.15) is 0 Å². The first-order chi connectivity index (χ1) is 12.1. The van der Waals surface area contributed by atoms with Crippen LogP contribution >= 0.6 is 0 Å². The Balaban J connectivity index is 1.33. The van der Waals surface area contributed by atoms with E-state index < -0.39 is 0 Å². The van der Waals surface area contributed by atoms with Crippen molar-refractivity contribution in [1.82, 2.24) is 15.1 Å². The summed E-state index contributed by atoms with van der Waals surface area (Å²) < 4.78 is 0. The van der Waals surface area contributed by atoms with Crippen LogP contribution in [-0.4, -0.2) is 60.4 Å². The fourth-order valence-electron chi connectivity index (χ4n) is 4.66. The second-order valence-electron chi connectivity index (χ2n) is 8.34. The van der Waals surface area contributed by atoms with Crippen LogP contribution in [0.2, 0.25) is 0 Å². The van der Waals surface area contributed by atoms with Crippen molar-refractivity contribution in [3.8, 4) is 0 Å². The molecule has 3 rings (SSSR count). The number of rotatable bonds is 6. The van der Waals surface area contributed by atoms with Crippen molar-refractivity contribution >= 4 is 11.8 Å². The lowest BCUT2D eigenvalue weighted by Crippen LogP contribution is -2.46. The Hall–Kier alpha value is -1.10. The zero-order valence-corrected chi connectivity index (χ0v) is 15.8. The fraction of sp³-hybridized carbons (Fsp3) is 0.900. The maximum Gasteiger partial charge on any atom is 0.237 e. The van der Waals surface area contributed by atoms with Gasteiger partial charge in [-0.15, -0.1) is 0 Å². The molecule has 1 aliphatic carbocycles. The molecule has 25 heavy (non-hydrogen) atoms. The Kier molecular flexibility index (Phi) is 6.74. The summed E-state index contributed by atoms with van der Waals surface area (Å²) in [4.78, 5) is 29.1. The van der Waals surface area contributed by atoms with Crippen LogP contribution in [0.25, 0.3) is 0 Å². The molecule has 0 radical (unpaired) electrons. The molecule has 0 aromatic heterocycles. The van der Waals surface area contributed by atoms with E-state index in [1.807, 2.05) is 6.92 Å². The second kappa shape index (κ2) is 9.02. The third-order valence-corrected chi connectivity index (χ3v) is 6.54. The van der Waals surface area contributed by atoms with E-state index in [0.717, 1.165) is 52.0 Å².